The topological polar surface area (TPSA) is 52.7 Å². The Hall–Kier alpha value is -2.79. The fraction of sp³-hybridized carbons (Fsp3) is 0.385. The number of halogens is 1. The number of hydrogen-bond acceptors (Lipinski definition) is 3. The molecule has 0 radical (unpaired) electrons. The first kappa shape index (κ1) is 22.4. The normalized spacial score (nSPS) is 17.5. The van der Waals surface area contributed by atoms with E-state index in [4.69, 9.17) is 11.6 Å². The van der Waals surface area contributed by atoms with Crippen molar-refractivity contribution in [2.45, 2.75) is 32.1 Å². The van der Waals surface area contributed by atoms with Gasteiger partial charge in [0.2, 0.25) is 11.8 Å². The molecule has 0 unspecified atom stereocenters. The minimum atomic E-state index is -0.0994. The van der Waals surface area contributed by atoms with Gasteiger partial charge in [-0.15, -0.1) is 0 Å². The Kier molecular flexibility index (Phi) is 7.48. The lowest BCUT2D eigenvalue weighted by Gasteiger charge is -2.31. The molecule has 0 saturated carbocycles. The number of amides is 2. The van der Waals surface area contributed by atoms with Gasteiger partial charge in [-0.2, -0.15) is 0 Å². The molecule has 2 aliphatic heterocycles. The molecule has 2 fully saturated rings. The van der Waals surface area contributed by atoms with E-state index in [-0.39, 0.29) is 17.7 Å². The molecule has 2 amide bonds. The zero-order valence-electron chi connectivity index (χ0n) is 18.3. The summed E-state index contributed by atoms with van der Waals surface area (Å²) in [5.74, 6) is -0.107. The molecule has 0 spiro atoms. The third-order valence-corrected chi connectivity index (χ3v) is 6.61. The summed E-state index contributed by atoms with van der Waals surface area (Å²) < 4.78 is 0. The Labute approximate surface area is 195 Å². The molecule has 5 nitrogen and oxygen atoms in total. The lowest BCUT2D eigenvalue weighted by molar-refractivity contribution is -0.130. The first-order chi connectivity index (χ1) is 15.6. The molecule has 2 aliphatic rings. The second kappa shape index (κ2) is 10.7. The summed E-state index contributed by atoms with van der Waals surface area (Å²) in [6.45, 7) is 3.24. The van der Waals surface area contributed by atoms with Crippen LogP contribution < -0.4 is 10.2 Å². The number of nitrogens with zero attached hydrogens (tertiary/aromatic N) is 2. The summed E-state index contributed by atoms with van der Waals surface area (Å²) >= 11 is 6.52. The van der Waals surface area contributed by atoms with Crippen LogP contribution in [-0.2, 0) is 9.59 Å². The lowest BCUT2D eigenvalue weighted by Crippen LogP contribution is -2.40. The fourth-order valence-electron chi connectivity index (χ4n) is 4.42. The average molecular weight is 452 g/mol. The third kappa shape index (κ3) is 5.71. The van der Waals surface area contributed by atoms with Crippen molar-refractivity contribution >= 4 is 40.9 Å². The monoisotopic (exact) mass is 451 g/mol. The molecular formula is C26H30ClN3O2. The van der Waals surface area contributed by atoms with E-state index in [1.165, 1.54) is 19.3 Å². The molecule has 2 heterocycles. The highest BCUT2D eigenvalue weighted by Gasteiger charge is 2.27. The van der Waals surface area contributed by atoms with Crippen LogP contribution in [0.15, 0.2) is 54.6 Å². The molecule has 168 valence electrons. The molecule has 6 heteroatoms. The molecule has 32 heavy (non-hydrogen) atoms. The molecule has 2 saturated heterocycles. The van der Waals surface area contributed by atoms with Crippen molar-refractivity contribution in [3.63, 3.8) is 0 Å². The van der Waals surface area contributed by atoms with E-state index in [0.717, 1.165) is 30.0 Å². The van der Waals surface area contributed by atoms with Crippen molar-refractivity contribution in [1.82, 2.24) is 4.90 Å². The second-order valence-corrected chi connectivity index (χ2v) is 8.95. The van der Waals surface area contributed by atoms with Gasteiger partial charge in [-0.25, -0.2) is 0 Å². The standard InChI is InChI=1S/C26H30ClN3O2/c27-23-19-22(10-11-24(23)29-15-5-2-6-16-29)28-26(32)21-13-17-30(18-14-21)25(31)12-9-20-7-3-1-4-8-20/h1,3-4,7-12,19,21H,2,5-6,13-18H2,(H,28,32). The maximum absolute atomic E-state index is 12.8. The summed E-state index contributed by atoms with van der Waals surface area (Å²) in [4.78, 5) is 29.4. The Morgan fingerprint density at radius 2 is 1.66 bits per heavy atom. The van der Waals surface area contributed by atoms with Gasteiger partial charge >= 0.3 is 0 Å². The van der Waals surface area contributed by atoms with Crippen molar-refractivity contribution in [3.8, 4) is 0 Å². The SMILES string of the molecule is O=C(Nc1ccc(N2CCCCC2)c(Cl)c1)C1CCN(C(=O)C=Cc2ccccc2)CC1. The van der Waals surface area contributed by atoms with E-state index >= 15 is 0 Å². The Balaban J connectivity index is 1.27. The maximum Gasteiger partial charge on any atom is 0.246 e. The van der Waals surface area contributed by atoms with Gasteiger partial charge < -0.3 is 15.1 Å². The molecule has 4 rings (SSSR count). The quantitative estimate of drug-likeness (QED) is 0.634. The van der Waals surface area contributed by atoms with Gasteiger partial charge in [0.05, 0.1) is 10.7 Å². The van der Waals surface area contributed by atoms with Crippen LogP contribution in [0.1, 0.15) is 37.7 Å². The van der Waals surface area contributed by atoms with E-state index in [0.29, 0.717) is 31.0 Å². The van der Waals surface area contributed by atoms with Crippen LogP contribution in [0.25, 0.3) is 6.08 Å². The molecule has 2 aromatic rings. The molecule has 2 aromatic carbocycles. The number of rotatable bonds is 5. The van der Waals surface area contributed by atoms with Gasteiger partial charge in [0, 0.05) is 43.9 Å². The predicted molar refractivity (Wildman–Crippen MR) is 131 cm³/mol. The fourth-order valence-corrected chi connectivity index (χ4v) is 4.72. The van der Waals surface area contributed by atoms with Gasteiger partial charge in [-0.05, 0) is 61.9 Å². The van der Waals surface area contributed by atoms with Gasteiger partial charge in [0.1, 0.15) is 0 Å². The van der Waals surface area contributed by atoms with Crippen molar-refractivity contribution in [2.75, 3.05) is 36.4 Å². The van der Waals surface area contributed by atoms with E-state index in [1.54, 1.807) is 6.08 Å². The van der Waals surface area contributed by atoms with Crippen molar-refractivity contribution in [2.24, 2.45) is 5.92 Å². The highest BCUT2D eigenvalue weighted by atomic mass is 35.5. The minimum absolute atomic E-state index is 0.00119. The number of nitrogens with one attached hydrogen (secondary N) is 1. The third-order valence-electron chi connectivity index (χ3n) is 6.31. The number of carbonyl (C=O) groups excluding carboxylic acids is 2. The zero-order chi connectivity index (χ0) is 22.3. The van der Waals surface area contributed by atoms with E-state index in [9.17, 15) is 9.59 Å². The maximum atomic E-state index is 12.8. The molecule has 0 aromatic heterocycles. The summed E-state index contributed by atoms with van der Waals surface area (Å²) in [6.07, 6.45) is 8.43. The van der Waals surface area contributed by atoms with Crippen LogP contribution in [0, 0.1) is 5.92 Å². The predicted octanol–water partition coefficient (Wildman–Crippen LogP) is 5.22. The van der Waals surface area contributed by atoms with Crippen molar-refractivity contribution in [1.29, 1.82) is 0 Å². The molecule has 0 atom stereocenters. The second-order valence-electron chi connectivity index (χ2n) is 8.55. The summed E-state index contributed by atoms with van der Waals surface area (Å²) in [6, 6.07) is 15.6. The van der Waals surface area contributed by atoms with Crippen LogP contribution >= 0.6 is 11.6 Å². The van der Waals surface area contributed by atoms with Crippen molar-refractivity contribution < 1.29 is 9.59 Å². The summed E-state index contributed by atoms with van der Waals surface area (Å²) in [5.41, 5.74) is 2.77. The number of anilines is 2. The lowest BCUT2D eigenvalue weighted by atomic mass is 9.95. The smallest absolute Gasteiger partial charge is 0.246 e. The van der Waals surface area contributed by atoms with Crippen LogP contribution in [0.2, 0.25) is 5.02 Å². The molecular weight excluding hydrogens is 422 g/mol. The molecule has 0 aliphatic carbocycles. The first-order valence-corrected chi connectivity index (χ1v) is 11.9. The highest BCUT2D eigenvalue weighted by Crippen LogP contribution is 2.31. The summed E-state index contributed by atoms with van der Waals surface area (Å²) in [7, 11) is 0. The Morgan fingerprint density at radius 3 is 2.34 bits per heavy atom. The number of likely N-dealkylation sites (tertiary alicyclic amines) is 1. The van der Waals surface area contributed by atoms with Crippen LogP contribution in [0.5, 0.6) is 0 Å². The van der Waals surface area contributed by atoms with Gasteiger partial charge in [-0.1, -0.05) is 41.9 Å². The first-order valence-electron chi connectivity index (χ1n) is 11.5. The zero-order valence-corrected chi connectivity index (χ0v) is 19.1. The summed E-state index contributed by atoms with van der Waals surface area (Å²) in [5, 5.41) is 3.69. The van der Waals surface area contributed by atoms with Gasteiger partial charge in [0.25, 0.3) is 0 Å². The highest BCUT2D eigenvalue weighted by molar-refractivity contribution is 6.33. The average Bonchev–Trinajstić information content (AvgIpc) is 2.84. The van der Waals surface area contributed by atoms with Gasteiger partial charge in [0.15, 0.2) is 0 Å². The number of hydrogen-bond donors (Lipinski definition) is 1. The van der Waals surface area contributed by atoms with E-state index in [2.05, 4.69) is 10.2 Å². The Morgan fingerprint density at radius 1 is 0.938 bits per heavy atom. The van der Waals surface area contributed by atoms with E-state index < -0.39 is 0 Å². The van der Waals surface area contributed by atoms with Crippen LogP contribution in [-0.4, -0.2) is 42.9 Å². The minimum Gasteiger partial charge on any atom is -0.370 e. The van der Waals surface area contributed by atoms with Crippen molar-refractivity contribution in [3.05, 3.63) is 65.2 Å². The van der Waals surface area contributed by atoms with Crippen LogP contribution in [0.3, 0.4) is 0 Å². The molecule has 1 N–H and O–H groups in total. The Bertz CT molecular complexity index is 962. The largest absolute Gasteiger partial charge is 0.370 e. The van der Waals surface area contributed by atoms with E-state index in [1.807, 2.05) is 59.5 Å². The number of carbonyl (C=O) groups is 2. The van der Waals surface area contributed by atoms with Gasteiger partial charge in [-0.3, -0.25) is 9.59 Å². The number of piperidine rings is 2. The van der Waals surface area contributed by atoms with Crippen LogP contribution in [0.4, 0.5) is 11.4 Å². The molecule has 0 bridgehead atoms. The number of benzene rings is 2.